The molecule has 2 rings (SSSR count). The number of rotatable bonds is 4. The molecule has 1 saturated heterocycles. The highest BCUT2D eigenvalue weighted by Crippen LogP contribution is 2.37. The third-order valence-electron chi connectivity index (χ3n) is 4.01. The topological polar surface area (TPSA) is 64.4 Å². The minimum absolute atomic E-state index is 0.143. The molecule has 0 aromatic heterocycles. The maximum atomic E-state index is 12.2. The van der Waals surface area contributed by atoms with Crippen molar-refractivity contribution in [3.8, 4) is 0 Å². The Morgan fingerprint density at radius 1 is 1.38 bits per heavy atom. The second kappa shape index (κ2) is 4.34. The molecular weight excluding hydrogens is 204 g/mol. The van der Waals surface area contributed by atoms with Crippen LogP contribution in [0.5, 0.6) is 0 Å². The van der Waals surface area contributed by atoms with Gasteiger partial charge >= 0.3 is 0 Å². The largest absolute Gasteiger partial charge is 0.380 e. The van der Waals surface area contributed by atoms with Gasteiger partial charge in [-0.15, -0.1) is 0 Å². The fourth-order valence-corrected chi connectivity index (χ4v) is 2.61. The molecule has 4 heteroatoms. The Hall–Kier alpha value is -0.610. The van der Waals surface area contributed by atoms with Crippen LogP contribution in [0, 0.1) is 10.8 Å². The summed E-state index contributed by atoms with van der Waals surface area (Å²) in [6.45, 7) is 4.84. The summed E-state index contributed by atoms with van der Waals surface area (Å²) in [7, 11) is 0. The van der Waals surface area contributed by atoms with Gasteiger partial charge in [-0.1, -0.05) is 19.8 Å². The number of hydrogen-bond acceptors (Lipinski definition) is 3. The van der Waals surface area contributed by atoms with E-state index >= 15 is 0 Å². The summed E-state index contributed by atoms with van der Waals surface area (Å²) in [4.78, 5) is 12.2. The van der Waals surface area contributed by atoms with Crippen molar-refractivity contribution in [3.05, 3.63) is 0 Å². The van der Waals surface area contributed by atoms with E-state index in [9.17, 15) is 4.79 Å². The van der Waals surface area contributed by atoms with E-state index in [4.69, 9.17) is 10.5 Å². The van der Waals surface area contributed by atoms with E-state index < -0.39 is 0 Å². The van der Waals surface area contributed by atoms with Gasteiger partial charge in [-0.2, -0.15) is 0 Å². The summed E-state index contributed by atoms with van der Waals surface area (Å²) < 4.78 is 5.17. The number of carbonyl (C=O) groups excluding carboxylic acids is 1. The zero-order chi connectivity index (χ0) is 11.6. The van der Waals surface area contributed by atoms with E-state index in [0.29, 0.717) is 13.1 Å². The molecule has 1 aliphatic heterocycles. The van der Waals surface area contributed by atoms with Gasteiger partial charge in [-0.3, -0.25) is 4.79 Å². The number of nitrogens with one attached hydrogen (secondary N) is 1. The Morgan fingerprint density at radius 3 is 2.44 bits per heavy atom. The Bertz CT molecular complexity index is 268. The molecule has 0 radical (unpaired) electrons. The Balaban J connectivity index is 1.86. The highest BCUT2D eigenvalue weighted by atomic mass is 16.5. The number of hydrogen-bond donors (Lipinski definition) is 2. The Labute approximate surface area is 96.9 Å². The second-order valence-electron chi connectivity index (χ2n) is 5.68. The van der Waals surface area contributed by atoms with Gasteiger partial charge in [0, 0.05) is 18.5 Å². The van der Waals surface area contributed by atoms with Crippen LogP contribution in [0.4, 0.5) is 0 Å². The number of ether oxygens (including phenoxy) is 1. The second-order valence-corrected chi connectivity index (χ2v) is 5.68. The van der Waals surface area contributed by atoms with E-state index in [1.807, 2.05) is 0 Å². The first-order valence-corrected chi connectivity index (χ1v) is 6.16. The molecule has 0 aromatic carbocycles. The van der Waals surface area contributed by atoms with Crippen molar-refractivity contribution in [1.29, 1.82) is 0 Å². The van der Waals surface area contributed by atoms with Crippen molar-refractivity contribution < 1.29 is 9.53 Å². The van der Waals surface area contributed by atoms with Crippen molar-refractivity contribution in [2.45, 2.75) is 32.6 Å². The van der Waals surface area contributed by atoms with Gasteiger partial charge in [0.05, 0.1) is 18.6 Å². The van der Waals surface area contributed by atoms with Gasteiger partial charge in [-0.05, 0) is 12.8 Å². The highest BCUT2D eigenvalue weighted by Gasteiger charge is 2.41. The van der Waals surface area contributed by atoms with Crippen molar-refractivity contribution in [1.82, 2.24) is 5.32 Å². The molecule has 2 aliphatic rings. The van der Waals surface area contributed by atoms with E-state index in [-0.39, 0.29) is 16.7 Å². The third-order valence-corrected chi connectivity index (χ3v) is 4.01. The van der Waals surface area contributed by atoms with Crippen LogP contribution in [0.2, 0.25) is 0 Å². The van der Waals surface area contributed by atoms with Crippen LogP contribution in [0.1, 0.15) is 32.6 Å². The monoisotopic (exact) mass is 226 g/mol. The van der Waals surface area contributed by atoms with Crippen LogP contribution in [0.15, 0.2) is 0 Å². The van der Waals surface area contributed by atoms with Crippen LogP contribution < -0.4 is 11.1 Å². The summed E-state index contributed by atoms with van der Waals surface area (Å²) in [5.41, 5.74) is 5.64. The molecule has 4 nitrogen and oxygen atoms in total. The van der Waals surface area contributed by atoms with Crippen LogP contribution in [0.3, 0.4) is 0 Å². The molecule has 0 bridgehead atoms. The molecule has 1 saturated carbocycles. The van der Waals surface area contributed by atoms with E-state index in [1.165, 1.54) is 0 Å². The predicted molar refractivity (Wildman–Crippen MR) is 61.9 cm³/mol. The Morgan fingerprint density at radius 2 is 2.00 bits per heavy atom. The first-order chi connectivity index (χ1) is 7.60. The first kappa shape index (κ1) is 11.9. The van der Waals surface area contributed by atoms with E-state index in [0.717, 1.165) is 38.9 Å². The molecule has 0 atom stereocenters. The Kier molecular flexibility index (Phi) is 3.22. The number of amides is 1. The quantitative estimate of drug-likeness (QED) is 0.740. The summed E-state index contributed by atoms with van der Waals surface area (Å²) in [6.07, 6.45) is 4.15. The standard InChI is InChI=1S/C12H22N2O2/c1-11(8-16-9-11)7-14-10(15)12(6-13)4-2-3-5-12/h2-9,13H2,1H3,(H,14,15). The summed E-state index contributed by atoms with van der Waals surface area (Å²) in [6, 6.07) is 0. The van der Waals surface area contributed by atoms with Crippen molar-refractivity contribution >= 4 is 5.91 Å². The van der Waals surface area contributed by atoms with Gasteiger partial charge < -0.3 is 15.8 Å². The lowest BCUT2D eigenvalue weighted by atomic mass is 9.84. The molecule has 1 aliphatic carbocycles. The van der Waals surface area contributed by atoms with Crippen LogP contribution >= 0.6 is 0 Å². The van der Waals surface area contributed by atoms with E-state index in [1.54, 1.807) is 0 Å². The SMILES string of the molecule is CC1(CNC(=O)C2(CN)CCCC2)COC1. The number of nitrogens with two attached hydrogens (primary N) is 1. The molecule has 1 heterocycles. The molecule has 1 amide bonds. The molecule has 0 aromatic rings. The summed E-state index contributed by atoms with van der Waals surface area (Å²) >= 11 is 0. The highest BCUT2D eigenvalue weighted by molar-refractivity contribution is 5.83. The minimum Gasteiger partial charge on any atom is -0.380 e. The van der Waals surface area contributed by atoms with Gasteiger partial charge in [0.1, 0.15) is 0 Å². The number of carbonyl (C=O) groups is 1. The van der Waals surface area contributed by atoms with Gasteiger partial charge in [0.25, 0.3) is 0 Å². The average Bonchev–Trinajstić information content (AvgIpc) is 2.73. The zero-order valence-corrected chi connectivity index (χ0v) is 10.1. The van der Waals surface area contributed by atoms with Crippen molar-refractivity contribution in [3.63, 3.8) is 0 Å². The van der Waals surface area contributed by atoms with Crippen molar-refractivity contribution in [2.24, 2.45) is 16.6 Å². The average molecular weight is 226 g/mol. The summed E-state index contributed by atoms with van der Waals surface area (Å²) in [5, 5.41) is 3.06. The lowest BCUT2D eigenvalue weighted by Gasteiger charge is -2.39. The van der Waals surface area contributed by atoms with Gasteiger partial charge in [0.15, 0.2) is 0 Å². The molecule has 0 spiro atoms. The van der Waals surface area contributed by atoms with E-state index in [2.05, 4.69) is 12.2 Å². The van der Waals surface area contributed by atoms with Crippen molar-refractivity contribution in [2.75, 3.05) is 26.3 Å². The first-order valence-electron chi connectivity index (χ1n) is 6.16. The van der Waals surface area contributed by atoms with Crippen LogP contribution in [-0.4, -0.2) is 32.2 Å². The maximum absolute atomic E-state index is 12.2. The normalized spacial score (nSPS) is 26.1. The molecule has 2 fully saturated rings. The molecule has 0 unspecified atom stereocenters. The summed E-state index contributed by atoms with van der Waals surface area (Å²) in [5.74, 6) is 0.153. The predicted octanol–water partition coefficient (Wildman–Crippen LogP) is 0.658. The minimum atomic E-state index is -0.277. The smallest absolute Gasteiger partial charge is 0.227 e. The lowest BCUT2D eigenvalue weighted by Crippen LogP contribution is -2.52. The fourth-order valence-electron chi connectivity index (χ4n) is 2.61. The third kappa shape index (κ3) is 2.09. The fraction of sp³-hybridized carbons (Fsp3) is 0.917. The van der Waals surface area contributed by atoms with Crippen LogP contribution in [-0.2, 0) is 9.53 Å². The van der Waals surface area contributed by atoms with Gasteiger partial charge in [-0.25, -0.2) is 0 Å². The molecule has 92 valence electrons. The zero-order valence-electron chi connectivity index (χ0n) is 10.1. The molecule has 3 N–H and O–H groups in total. The molecular formula is C12H22N2O2. The maximum Gasteiger partial charge on any atom is 0.227 e. The van der Waals surface area contributed by atoms with Crippen LogP contribution in [0.25, 0.3) is 0 Å². The van der Waals surface area contributed by atoms with Gasteiger partial charge in [0.2, 0.25) is 5.91 Å². The molecule has 16 heavy (non-hydrogen) atoms. The lowest BCUT2D eigenvalue weighted by molar-refractivity contribution is -0.135.